The molecule has 4 N–H and O–H groups in total. The van der Waals surface area contributed by atoms with Crippen LogP contribution >= 0.6 is 22.9 Å². The summed E-state index contributed by atoms with van der Waals surface area (Å²) in [5.74, 6) is 0.324. The number of aromatic nitrogens is 1. The summed E-state index contributed by atoms with van der Waals surface area (Å²) in [6.45, 7) is 3.69. The lowest BCUT2D eigenvalue weighted by Crippen LogP contribution is -2.44. The predicted octanol–water partition coefficient (Wildman–Crippen LogP) is 4.07. The van der Waals surface area contributed by atoms with Crippen LogP contribution in [0.15, 0.2) is 41.2 Å². The highest BCUT2D eigenvalue weighted by molar-refractivity contribution is 7.16. The fraction of sp³-hybridized carbons (Fsp3) is 0.481. The normalized spacial score (nSPS) is 14.0. The Morgan fingerprint density at radius 3 is 2.53 bits per heavy atom. The second kappa shape index (κ2) is 13.2. The molecule has 9 heteroatoms. The molecule has 1 aromatic heterocycles. The zero-order valence-corrected chi connectivity index (χ0v) is 22.1. The van der Waals surface area contributed by atoms with Gasteiger partial charge in [-0.1, -0.05) is 54.0 Å². The maximum Gasteiger partial charge on any atom is 0.305 e. The number of hydrogen-bond acceptors (Lipinski definition) is 6. The minimum Gasteiger partial charge on any atom is -0.506 e. The lowest BCUT2D eigenvalue weighted by atomic mass is 10.1. The molecular formula is C27H35ClN4O3S. The van der Waals surface area contributed by atoms with Gasteiger partial charge in [-0.25, -0.2) is 0 Å². The average molecular weight is 531 g/mol. The van der Waals surface area contributed by atoms with E-state index in [1.807, 2.05) is 30.3 Å². The summed E-state index contributed by atoms with van der Waals surface area (Å²) in [6, 6.07) is 11.7. The first-order valence-corrected chi connectivity index (χ1v) is 14.0. The molecule has 0 saturated heterocycles. The lowest BCUT2D eigenvalue weighted by Gasteiger charge is -2.29. The number of aromatic hydroxyl groups is 1. The van der Waals surface area contributed by atoms with Gasteiger partial charge in [-0.05, 0) is 68.1 Å². The van der Waals surface area contributed by atoms with Gasteiger partial charge in [0.05, 0.1) is 4.70 Å². The van der Waals surface area contributed by atoms with E-state index in [0.717, 1.165) is 71.9 Å². The van der Waals surface area contributed by atoms with Gasteiger partial charge < -0.3 is 25.6 Å². The molecule has 1 saturated carbocycles. The number of aromatic amines is 1. The van der Waals surface area contributed by atoms with Crippen molar-refractivity contribution in [2.24, 2.45) is 0 Å². The third kappa shape index (κ3) is 7.32. The smallest absolute Gasteiger partial charge is 0.305 e. The first-order valence-electron chi connectivity index (χ1n) is 12.8. The fourth-order valence-corrected chi connectivity index (χ4v) is 5.92. The number of carbonyl (C=O) groups is 1. The molecule has 0 radical (unpaired) electrons. The number of halogens is 1. The van der Waals surface area contributed by atoms with Crippen LogP contribution in [-0.4, -0.2) is 59.7 Å². The Labute approximate surface area is 220 Å². The molecule has 36 heavy (non-hydrogen) atoms. The number of hydrogen-bond donors (Lipinski definition) is 4. The summed E-state index contributed by atoms with van der Waals surface area (Å²) in [6.07, 6.45) is 6.74. The highest BCUT2D eigenvalue weighted by Gasteiger charge is 2.25. The maximum absolute atomic E-state index is 13.1. The Hall–Kier alpha value is -2.39. The van der Waals surface area contributed by atoms with E-state index in [2.05, 4.69) is 20.5 Å². The Morgan fingerprint density at radius 1 is 1.03 bits per heavy atom. The number of amides is 1. The van der Waals surface area contributed by atoms with Crippen molar-refractivity contribution in [2.75, 3.05) is 32.7 Å². The molecule has 7 nitrogen and oxygen atoms in total. The third-order valence-electron chi connectivity index (χ3n) is 6.84. The van der Waals surface area contributed by atoms with Crippen LogP contribution in [0.25, 0.3) is 10.2 Å². The molecule has 4 rings (SSSR count). The van der Waals surface area contributed by atoms with Crippen molar-refractivity contribution < 1.29 is 9.90 Å². The predicted molar refractivity (Wildman–Crippen MR) is 147 cm³/mol. The molecule has 1 fully saturated rings. The number of carbonyl (C=O) groups excluding carboxylic acids is 1. The van der Waals surface area contributed by atoms with Crippen LogP contribution in [-0.2, 0) is 17.6 Å². The lowest BCUT2D eigenvalue weighted by molar-refractivity contribution is -0.133. The molecule has 0 unspecified atom stereocenters. The molecule has 3 aromatic rings. The van der Waals surface area contributed by atoms with Crippen molar-refractivity contribution in [3.63, 3.8) is 0 Å². The largest absolute Gasteiger partial charge is 0.506 e. The molecule has 0 spiro atoms. The summed E-state index contributed by atoms with van der Waals surface area (Å²) < 4.78 is 0.813. The van der Waals surface area contributed by atoms with Crippen molar-refractivity contribution in [3.8, 4) is 5.75 Å². The van der Waals surface area contributed by atoms with Gasteiger partial charge >= 0.3 is 4.87 Å². The van der Waals surface area contributed by atoms with Gasteiger partial charge in [-0.15, -0.1) is 0 Å². The first kappa shape index (κ1) is 26.7. The van der Waals surface area contributed by atoms with Gasteiger partial charge in [0.15, 0.2) is 0 Å². The van der Waals surface area contributed by atoms with Crippen molar-refractivity contribution >= 4 is 39.1 Å². The third-order valence-corrected chi connectivity index (χ3v) is 8.05. The average Bonchev–Trinajstić information content (AvgIpc) is 3.54. The zero-order chi connectivity index (χ0) is 25.3. The number of phenolic OH excluding ortho intramolecular Hbond substituents is 1. The van der Waals surface area contributed by atoms with Crippen molar-refractivity contribution in [3.05, 3.63) is 62.2 Å². The Balaban J connectivity index is 1.19. The quantitative estimate of drug-likeness (QED) is 0.250. The van der Waals surface area contributed by atoms with Crippen LogP contribution in [0.1, 0.15) is 43.2 Å². The number of fused-ring (bicyclic) bond motifs is 1. The molecule has 194 valence electrons. The van der Waals surface area contributed by atoms with Crippen LogP contribution < -0.4 is 15.5 Å². The standard InChI is InChI=1S/C27H35ClN4O3S/c28-21-8-5-19(6-9-21)11-14-29-16-13-24(34)32(22-3-1-2-4-22)18-17-30-15-12-20-7-10-23(33)25-26(20)36-27(35)31-25/h5-10,22,29-30,33H,1-4,11-18H2,(H,31,35). The van der Waals surface area contributed by atoms with Gasteiger partial charge in [-0.3, -0.25) is 9.59 Å². The minimum atomic E-state index is -0.161. The number of thiazole rings is 1. The Kier molecular flexibility index (Phi) is 9.81. The topological polar surface area (TPSA) is 97.5 Å². The molecule has 0 atom stereocenters. The van der Waals surface area contributed by atoms with Crippen molar-refractivity contribution in [1.29, 1.82) is 0 Å². The van der Waals surface area contributed by atoms with E-state index in [-0.39, 0.29) is 16.5 Å². The molecule has 1 aliphatic rings. The van der Waals surface area contributed by atoms with E-state index in [9.17, 15) is 14.7 Å². The van der Waals surface area contributed by atoms with E-state index in [1.165, 1.54) is 18.4 Å². The second-order valence-electron chi connectivity index (χ2n) is 9.36. The molecule has 0 bridgehead atoms. The number of benzene rings is 2. The van der Waals surface area contributed by atoms with Gasteiger partial charge in [0, 0.05) is 37.1 Å². The first-order chi connectivity index (χ1) is 17.5. The zero-order valence-electron chi connectivity index (χ0n) is 20.5. The molecule has 1 aliphatic carbocycles. The van der Waals surface area contributed by atoms with Gasteiger partial charge in [0.1, 0.15) is 11.3 Å². The second-order valence-corrected chi connectivity index (χ2v) is 10.8. The number of nitrogens with zero attached hydrogens (tertiary/aromatic N) is 1. The maximum atomic E-state index is 13.1. The number of H-pyrrole nitrogens is 1. The highest BCUT2D eigenvalue weighted by Crippen LogP contribution is 2.28. The number of rotatable bonds is 13. The monoisotopic (exact) mass is 530 g/mol. The molecule has 2 aromatic carbocycles. The summed E-state index contributed by atoms with van der Waals surface area (Å²) in [4.78, 5) is 29.4. The van der Waals surface area contributed by atoms with Crippen LogP contribution in [0, 0.1) is 0 Å². The highest BCUT2D eigenvalue weighted by atomic mass is 35.5. The number of nitrogens with one attached hydrogen (secondary N) is 3. The molecule has 0 aliphatic heterocycles. The van der Waals surface area contributed by atoms with Crippen molar-refractivity contribution in [1.82, 2.24) is 20.5 Å². The van der Waals surface area contributed by atoms with E-state index in [1.54, 1.807) is 6.07 Å². The van der Waals surface area contributed by atoms with Crippen LogP contribution in [0.5, 0.6) is 5.75 Å². The van der Waals surface area contributed by atoms with Crippen LogP contribution in [0.4, 0.5) is 0 Å². The molecule has 1 heterocycles. The Bertz CT molecular complexity index is 1190. The van der Waals surface area contributed by atoms with Crippen LogP contribution in [0.3, 0.4) is 0 Å². The van der Waals surface area contributed by atoms with Gasteiger partial charge in [0.2, 0.25) is 5.91 Å². The fourth-order valence-electron chi connectivity index (χ4n) is 4.89. The van der Waals surface area contributed by atoms with E-state index in [0.29, 0.717) is 31.1 Å². The van der Waals surface area contributed by atoms with E-state index >= 15 is 0 Å². The van der Waals surface area contributed by atoms with Crippen LogP contribution in [0.2, 0.25) is 5.02 Å². The summed E-state index contributed by atoms with van der Waals surface area (Å²) >= 11 is 7.07. The minimum absolute atomic E-state index is 0.102. The number of phenols is 1. The van der Waals surface area contributed by atoms with Gasteiger partial charge in [-0.2, -0.15) is 0 Å². The van der Waals surface area contributed by atoms with E-state index < -0.39 is 0 Å². The Morgan fingerprint density at radius 2 is 1.75 bits per heavy atom. The molecule has 1 amide bonds. The summed E-state index contributed by atoms with van der Waals surface area (Å²) in [5, 5.41) is 17.6. The SMILES string of the molecule is O=C(CCNCCc1ccc(Cl)cc1)N(CCNCCc1ccc(O)c2[nH]c(=O)sc12)C1CCCC1. The van der Waals surface area contributed by atoms with E-state index in [4.69, 9.17) is 11.6 Å². The summed E-state index contributed by atoms with van der Waals surface area (Å²) in [5.41, 5.74) is 2.78. The van der Waals surface area contributed by atoms with Crippen molar-refractivity contribution in [2.45, 2.75) is 51.0 Å². The summed E-state index contributed by atoms with van der Waals surface area (Å²) in [7, 11) is 0. The molecular weight excluding hydrogens is 496 g/mol. The van der Waals surface area contributed by atoms with Gasteiger partial charge in [0.25, 0.3) is 0 Å².